The van der Waals surface area contributed by atoms with Gasteiger partial charge in [-0.3, -0.25) is 9.69 Å². The number of likely N-dealkylation sites (tertiary alicyclic amines) is 1. The van der Waals surface area contributed by atoms with Crippen LogP contribution in [0.5, 0.6) is 0 Å². The van der Waals surface area contributed by atoms with Crippen LogP contribution in [0.3, 0.4) is 0 Å². The van der Waals surface area contributed by atoms with Crippen LogP contribution >= 0.6 is 0 Å². The quantitative estimate of drug-likeness (QED) is 0.740. The summed E-state index contributed by atoms with van der Waals surface area (Å²) in [5.74, 6) is -0.140. The molecular weight excluding hydrogens is 362 g/mol. The molecule has 0 saturated carbocycles. The van der Waals surface area contributed by atoms with Gasteiger partial charge in [0.25, 0.3) is 5.91 Å². The van der Waals surface area contributed by atoms with Crippen LogP contribution in [0.4, 0.5) is 11.4 Å². The Bertz CT molecular complexity index is 1010. The average Bonchev–Trinajstić information content (AvgIpc) is 3.48. The second kappa shape index (κ2) is 7.52. The van der Waals surface area contributed by atoms with Crippen LogP contribution in [0.2, 0.25) is 0 Å². The molecule has 2 unspecified atom stereocenters. The molecule has 29 heavy (non-hydrogen) atoms. The van der Waals surface area contributed by atoms with Crippen LogP contribution in [0.15, 0.2) is 55.0 Å². The first-order valence-electron chi connectivity index (χ1n) is 10.5. The fraction of sp³-hybridized carbons (Fsp3) is 0.391. The second-order valence-electron chi connectivity index (χ2n) is 8.20. The molecule has 5 rings (SSSR count). The minimum atomic E-state index is -0.140. The van der Waals surface area contributed by atoms with Crippen molar-refractivity contribution in [3.8, 4) is 0 Å². The number of benzene rings is 1. The molecule has 2 fully saturated rings. The van der Waals surface area contributed by atoms with Crippen molar-refractivity contribution in [2.75, 3.05) is 29.9 Å². The molecule has 3 aromatic rings. The zero-order chi connectivity index (χ0) is 19.8. The Kier molecular flexibility index (Phi) is 4.72. The maximum absolute atomic E-state index is 12.7. The third kappa shape index (κ3) is 3.49. The van der Waals surface area contributed by atoms with Gasteiger partial charge in [0, 0.05) is 55.1 Å². The van der Waals surface area contributed by atoms with Crippen LogP contribution in [0.1, 0.15) is 36.5 Å². The van der Waals surface area contributed by atoms with Gasteiger partial charge >= 0.3 is 0 Å². The summed E-state index contributed by atoms with van der Waals surface area (Å²) in [5.41, 5.74) is 3.27. The molecule has 6 nitrogen and oxygen atoms in total. The minimum absolute atomic E-state index is 0.140. The van der Waals surface area contributed by atoms with Crippen LogP contribution in [0, 0.1) is 0 Å². The van der Waals surface area contributed by atoms with Gasteiger partial charge in [-0.05, 0) is 69.1 Å². The molecule has 0 radical (unpaired) electrons. The number of amides is 1. The number of fused-ring (bicyclic) bond motifs is 1. The van der Waals surface area contributed by atoms with Crippen LogP contribution in [-0.4, -0.2) is 51.9 Å². The molecule has 4 heterocycles. The first-order chi connectivity index (χ1) is 14.2. The number of rotatable bonds is 4. The van der Waals surface area contributed by atoms with Crippen LogP contribution in [-0.2, 0) is 0 Å². The maximum atomic E-state index is 12.7. The standard InChI is InChI=1S/C23H27N5O/c1-17-4-2-13-28(17)20-10-14-27(16-20)19-8-6-18(7-9-19)25-23(29)21-5-3-12-26-15-11-24-22(21)26/h3,5-9,11-12,15,17,20H,2,4,10,13-14,16H2,1H3,(H,25,29). The molecule has 0 spiro atoms. The normalized spacial score (nSPS) is 22.4. The average molecular weight is 390 g/mol. The Hall–Kier alpha value is -2.86. The summed E-state index contributed by atoms with van der Waals surface area (Å²) >= 11 is 0. The number of anilines is 2. The topological polar surface area (TPSA) is 52.9 Å². The van der Waals surface area contributed by atoms with E-state index in [-0.39, 0.29) is 5.91 Å². The van der Waals surface area contributed by atoms with Gasteiger partial charge in [0.05, 0.1) is 5.56 Å². The van der Waals surface area contributed by atoms with E-state index < -0.39 is 0 Å². The van der Waals surface area contributed by atoms with Crippen molar-refractivity contribution in [3.05, 3.63) is 60.6 Å². The number of nitrogens with one attached hydrogen (secondary N) is 1. The molecule has 2 aromatic heterocycles. The SMILES string of the molecule is CC1CCCN1C1CCN(c2ccc(NC(=O)c3cccn4ccnc34)cc2)C1. The molecular formula is C23H27N5O. The minimum Gasteiger partial charge on any atom is -0.370 e. The third-order valence-electron chi connectivity index (χ3n) is 6.39. The largest absolute Gasteiger partial charge is 0.370 e. The van der Waals surface area contributed by atoms with E-state index in [0.717, 1.165) is 24.8 Å². The highest BCUT2D eigenvalue weighted by Crippen LogP contribution is 2.28. The van der Waals surface area contributed by atoms with Gasteiger partial charge in [-0.1, -0.05) is 0 Å². The number of carbonyl (C=O) groups is 1. The van der Waals surface area contributed by atoms with Gasteiger partial charge in [0.2, 0.25) is 0 Å². The number of nitrogens with zero attached hydrogens (tertiary/aromatic N) is 4. The monoisotopic (exact) mass is 389 g/mol. The first kappa shape index (κ1) is 18.2. The summed E-state index contributed by atoms with van der Waals surface area (Å²) in [4.78, 5) is 22.1. The Labute approximate surface area is 171 Å². The molecule has 1 amide bonds. The van der Waals surface area contributed by atoms with E-state index in [0.29, 0.717) is 17.3 Å². The van der Waals surface area contributed by atoms with Gasteiger partial charge in [-0.25, -0.2) is 4.98 Å². The Morgan fingerprint density at radius 2 is 1.97 bits per heavy atom. The predicted molar refractivity (Wildman–Crippen MR) is 116 cm³/mol. The summed E-state index contributed by atoms with van der Waals surface area (Å²) in [6.45, 7) is 5.80. The molecule has 1 aromatic carbocycles. The molecule has 2 aliphatic heterocycles. The molecule has 2 aliphatic rings. The molecule has 1 N–H and O–H groups in total. The van der Waals surface area contributed by atoms with Crippen molar-refractivity contribution in [2.45, 2.75) is 38.3 Å². The lowest BCUT2D eigenvalue weighted by molar-refractivity contribution is 0.102. The van der Waals surface area contributed by atoms with Crippen molar-refractivity contribution >= 4 is 22.9 Å². The zero-order valence-electron chi connectivity index (χ0n) is 16.8. The molecule has 0 aliphatic carbocycles. The van der Waals surface area contributed by atoms with Crippen molar-refractivity contribution in [2.24, 2.45) is 0 Å². The maximum Gasteiger partial charge on any atom is 0.259 e. The first-order valence-corrected chi connectivity index (χ1v) is 10.5. The Morgan fingerprint density at radius 3 is 2.76 bits per heavy atom. The number of imidazole rings is 1. The van der Waals surface area contributed by atoms with Gasteiger partial charge in [-0.2, -0.15) is 0 Å². The van der Waals surface area contributed by atoms with Crippen molar-refractivity contribution in [1.82, 2.24) is 14.3 Å². The number of carbonyl (C=O) groups excluding carboxylic acids is 1. The van der Waals surface area contributed by atoms with E-state index in [1.165, 1.54) is 31.5 Å². The van der Waals surface area contributed by atoms with Gasteiger partial charge < -0.3 is 14.6 Å². The molecule has 0 bridgehead atoms. The number of hydrogen-bond acceptors (Lipinski definition) is 4. The lowest BCUT2D eigenvalue weighted by Crippen LogP contribution is -2.39. The summed E-state index contributed by atoms with van der Waals surface area (Å²) in [5, 5.41) is 3.00. The molecule has 2 saturated heterocycles. The van der Waals surface area contributed by atoms with E-state index >= 15 is 0 Å². The third-order valence-corrected chi connectivity index (χ3v) is 6.39. The fourth-order valence-corrected chi connectivity index (χ4v) is 4.82. The lowest BCUT2D eigenvalue weighted by atomic mass is 10.2. The number of hydrogen-bond donors (Lipinski definition) is 1. The molecule has 6 heteroatoms. The number of aromatic nitrogens is 2. The van der Waals surface area contributed by atoms with Crippen molar-refractivity contribution in [1.29, 1.82) is 0 Å². The Morgan fingerprint density at radius 1 is 1.10 bits per heavy atom. The van der Waals surface area contributed by atoms with Crippen LogP contribution in [0.25, 0.3) is 5.65 Å². The van der Waals surface area contributed by atoms with Crippen molar-refractivity contribution in [3.63, 3.8) is 0 Å². The summed E-state index contributed by atoms with van der Waals surface area (Å²) < 4.78 is 1.85. The van der Waals surface area contributed by atoms with E-state index in [1.54, 1.807) is 12.3 Å². The zero-order valence-corrected chi connectivity index (χ0v) is 16.8. The highest BCUT2D eigenvalue weighted by molar-refractivity contribution is 6.08. The molecule has 150 valence electrons. The summed E-state index contributed by atoms with van der Waals surface area (Å²) in [6, 6.07) is 13.3. The predicted octanol–water partition coefficient (Wildman–Crippen LogP) is 3.65. The highest BCUT2D eigenvalue weighted by Gasteiger charge is 2.32. The fourth-order valence-electron chi connectivity index (χ4n) is 4.82. The lowest BCUT2D eigenvalue weighted by Gasteiger charge is -2.28. The number of pyridine rings is 1. The summed E-state index contributed by atoms with van der Waals surface area (Å²) in [6.07, 6.45) is 9.33. The smallest absolute Gasteiger partial charge is 0.259 e. The van der Waals surface area contributed by atoms with Crippen molar-refractivity contribution < 1.29 is 4.79 Å². The van der Waals surface area contributed by atoms with E-state index in [1.807, 2.05) is 35.0 Å². The second-order valence-corrected chi connectivity index (χ2v) is 8.20. The Balaban J connectivity index is 1.25. The van der Waals surface area contributed by atoms with Gasteiger partial charge in [0.15, 0.2) is 0 Å². The highest BCUT2D eigenvalue weighted by atomic mass is 16.1. The molecule has 2 atom stereocenters. The van der Waals surface area contributed by atoms with E-state index in [4.69, 9.17) is 0 Å². The van der Waals surface area contributed by atoms with E-state index in [9.17, 15) is 4.79 Å². The summed E-state index contributed by atoms with van der Waals surface area (Å²) in [7, 11) is 0. The van der Waals surface area contributed by atoms with E-state index in [2.05, 4.69) is 39.2 Å². The van der Waals surface area contributed by atoms with Gasteiger partial charge in [0.1, 0.15) is 5.65 Å². The van der Waals surface area contributed by atoms with Crippen LogP contribution < -0.4 is 10.2 Å². The van der Waals surface area contributed by atoms with Gasteiger partial charge in [-0.15, -0.1) is 0 Å².